The maximum absolute atomic E-state index is 12.4. The lowest BCUT2D eigenvalue weighted by Crippen LogP contribution is -2.44. The number of ether oxygens (including phenoxy) is 1. The van der Waals surface area contributed by atoms with E-state index in [4.69, 9.17) is 4.74 Å². The summed E-state index contributed by atoms with van der Waals surface area (Å²) >= 11 is 0. The monoisotopic (exact) mass is 332 g/mol. The van der Waals surface area contributed by atoms with Crippen LogP contribution in [0.1, 0.15) is 19.3 Å². The van der Waals surface area contributed by atoms with Crippen LogP contribution < -0.4 is 15.0 Å². The van der Waals surface area contributed by atoms with Crippen LogP contribution in [0.5, 0.6) is 5.75 Å². The van der Waals surface area contributed by atoms with Gasteiger partial charge in [0.15, 0.2) is 0 Å². The molecule has 1 aromatic carbocycles. The number of amides is 2. The average Bonchev–Trinajstić information content (AvgIpc) is 2.63. The second-order valence-corrected chi connectivity index (χ2v) is 6.65. The molecule has 0 unspecified atom stereocenters. The number of carbonyl (C=O) groups is 1. The van der Waals surface area contributed by atoms with E-state index in [1.54, 1.807) is 7.11 Å². The molecule has 2 aliphatic heterocycles. The maximum Gasteiger partial charge on any atom is 0.321 e. The first kappa shape index (κ1) is 16.9. The van der Waals surface area contributed by atoms with Crippen molar-refractivity contribution in [3.8, 4) is 5.75 Å². The van der Waals surface area contributed by atoms with Gasteiger partial charge in [-0.15, -0.1) is 0 Å². The van der Waals surface area contributed by atoms with Crippen molar-refractivity contribution in [1.29, 1.82) is 0 Å². The van der Waals surface area contributed by atoms with Gasteiger partial charge in [-0.2, -0.15) is 0 Å². The highest BCUT2D eigenvalue weighted by Gasteiger charge is 2.20. The highest BCUT2D eigenvalue weighted by Crippen LogP contribution is 2.32. The maximum atomic E-state index is 12.4. The number of rotatable bonds is 3. The van der Waals surface area contributed by atoms with E-state index in [0.29, 0.717) is 0 Å². The molecule has 0 aliphatic carbocycles. The van der Waals surface area contributed by atoms with E-state index in [2.05, 4.69) is 22.2 Å². The molecule has 0 spiro atoms. The highest BCUT2D eigenvalue weighted by atomic mass is 16.5. The van der Waals surface area contributed by atoms with Crippen molar-refractivity contribution in [2.24, 2.45) is 0 Å². The molecule has 24 heavy (non-hydrogen) atoms. The number of piperidine rings is 1. The van der Waals surface area contributed by atoms with Crippen LogP contribution in [-0.4, -0.2) is 69.3 Å². The number of hydrogen-bond donors (Lipinski definition) is 1. The molecule has 6 heteroatoms. The fraction of sp³-hybridized carbons (Fsp3) is 0.611. The minimum atomic E-state index is 0.00388. The van der Waals surface area contributed by atoms with Gasteiger partial charge < -0.3 is 24.8 Å². The minimum absolute atomic E-state index is 0.00388. The molecule has 2 fully saturated rings. The number of nitrogens with one attached hydrogen (secondary N) is 1. The molecule has 0 saturated carbocycles. The molecule has 0 atom stereocenters. The van der Waals surface area contributed by atoms with Crippen LogP contribution in [0.3, 0.4) is 0 Å². The van der Waals surface area contributed by atoms with Gasteiger partial charge in [-0.1, -0.05) is 0 Å². The molecule has 3 rings (SSSR count). The van der Waals surface area contributed by atoms with Gasteiger partial charge in [-0.3, -0.25) is 0 Å². The Morgan fingerprint density at radius 1 is 1.04 bits per heavy atom. The summed E-state index contributed by atoms with van der Waals surface area (Å²) in [5.41, 5.74) is 1.89. The molecule has 6 nitrogen and oxygen atoms in total. The number of urea groups is 1. The fourth-order valence-corrected chi connectivity index (χ4v) is 3.36. The third kappa shape index (κ3) is 3.93. The summed E-state index contributed by atoms with van der Waals surface area (Å²) < 4.78 is 5.52. The van der Waals surface area contributed by atoms with Gasteiger partial charge in [0.25, 0.3) is 0 Å². The van der Waals surface area contributed by atoms with Crippen molar-refractivity contribution >= 4 is 17.4 Å². The zero-order chi connectivity index (χ0) is 16.9. The highest BCUT2D eigenvalue weighted by molar-refractivity contribution is 5.90. The molecule has 1 N–H and O–H groups in total. The summed E-state index contributed by atoms with van der Waals surface area (Å²) in [5, 5.41) is 3.05. The van der Waals surface area contributed by atoms with E-state index >= 15 is 0 Å². The molecule has 0 bridgehead atoms. The number of hydrogen-bond acceptors (Lipinski definition) is 4. The number of likely N-dealkylation sites (N-methyl/N-ethyl adjacent to an activating group) is 1. The third-order valence-electron chi connectivity index (χ3n) is 4.92. The SMILES string of the molecule is COc1ccc(NC(=O)N2CCCCC2)cc1N1CCN(C)CC1. The van der Waals surface area contributed by atoms with E-state index in [-0.39, 0.29) is 6.03 Å². The lowest BCUT2D eigenvalue weighted by Gasteiger charge is -2.35. The smallest absolute Gasteiger partial charge is 0.321 e. The summed E-state index contributed by atoms with van der Waals surface area (Å²) in [6, 6.07) is 5.90. The van der Waals surface area contributed by atoms with Gasteiger partial charge in [0.1, 0.15) is 5.75 Å². The minimum Gasteiger partial charge on any atom is -0.495 e. The van der Waals surface area contributed by atoms with Crippen LogP contribution in [0.25, 0.3) is 0 Å². The van der Waals surface area contributed by atoms with Crippen molar-refractivity contribution in [2.75, 3.05) is 63.6 Å². The number of piperazine rings is 1. The number of carbonyl (C=O) groups excluding carboxylic acids is 1. The van der Waals surface area contributed by atoms with E-state index in [1.165, 1.54) is 6.42 Å². The van der Waals surface area contributed by atoms with E-state index < -0.39 is 0 Å². The number of methoxy groups -OCH3 is 1. The van der Waals surface area contributed by atoms with Crippen molar-refractivity contribution in [3.63, 3.8) is 0 Å². The zero-order valence-corrected chi connectivity index (χ0v) is 14.8. The second-order valence-electron chi connectivity index (χ2n) is 6.65. The molecular formula is C18H28N4O2. The fourth-order valence-electron chi connectivity index (χ4n) is 3.36. The standard InChI is InChI=1S/C18H28N4O2/c1-20-10-12-21(13-11-20)16-14-15(6-7-17(16)24-2)19-18(23)22-8-4-3-5-9-22/h6-7,14H,3-5,8-13H2,1-2H3,(H,19,23). The van der Waals surface area contributed by atoms with Crippen molar-refractivity contribution in [1.82, 2.24) is 9.80 Å². The Morgan fingerprint density at radius 2 is 1.75 bits per heavy atom. The van der Waals surface area contributed by atoms with Gasteiger partial charge in [0, 0.05) is 45.0 Å². The van der Waals surface area contributed by atoms with Gasteiger partial charge >= 0.3 is 6.03 Å². The van der Waals surface area contributed by atoms with Crippen molar-refractivity contribution in [3.05, 3.63) is 18.2 Å². The number of nitrogens with zero attached hydrogens (tertiary/aromatic N) is 3. The van der Waals surface area contributed by atoms with Crippen LogP contribution in [0.2, 0.25) is 0 Å². The summed E-state index contributed by atoms with van der Waals surface area (Å²) in [6.07, 6.45) is 3.42. The quantitative estimate of drug-likeness (QED) is 0.924. The summed E-state index contributed by atoms with van der Waals surface area (Å²) in [4.78, 5) is 19.0. The molecule has 132 valence electrons. The molecule has 0 aromatic heterocycles. The Kier molecular flexibility index (Phi) is 5.45. The first-order valence-corrected chi connectivity index (χ1v) is 8.85. The molecule has 2 aliphatic rings. The predicted octanol–water partition coefficient (Wildman–Crippen LogP) is 2.46. The first-order valence-electron chi connectivity index (χ1n) is 8.85. The Morgan fingerprint density at radius 3 is 2.42 bits per heavy atom. The normalized spacial score (nSPS) is 19.2. The first-order chi connectivity index (χ1) is 11.7. The number of likely N-dealkylation sites (tertiary alicyclic amines) is 1. The Bertz CT molecular complexity index is 564. The summed E-state index contributed by atoms with van der Waals surface area (Å²) in [7, 11) is 3.84. The Balaban J connectivity index is 1.72. The molecule has 2 saturated heterocycles. The molecule has 1 aromatic rings. The molecule has 2 amide bonds. The van der Waals surface area contributed by atoms with E-state index in [9.17, 15) is 4.79 Å². The van der Waals surface area contributed by atoms with Gasteiger partial charge in [0.2, 0.25) is 0 Å². The van der Waals surface area contributed by atoms with Crippen LogP contribution in [0.4, 0.5) is 16.2 Å². The number of anilines is 2. The summed E-state index contributed by atoms with van der Waals surface area (Å²) in [5.74, 6) is 0.857. The predicted molar refractivity (Wildman–Crippen MR) is 97.1 cm³/mol. The van der Waals surface area contributed by atoms with Crippen molar-refractivity contribution in [2.45, 2.75) is 19.3 Å². The Hall–Kier alpha value is -1.95. The van der Waals surface area contributed by atoms with E-state index in [0.717, 1.165) is 69.2 Å². The molecular weight excluding hydrogens is 304 g/mol. The van der Waals surface area contributed by atoms with Crippen LogP contribution in [0.15, 0.2) is 18.2 Å². The Labute approximate surface area is 144 Å². The van der Waals surface area contributed by atoms with Crippen molar-refractivity contribution < 1.29 is 9.53 Å². The lowest BCUT2D eigenvalue weighted by atomic mass is 10.1. The lowest BCUT2D eigenvalue weighted by molar-refractivity contribution is 0.200. The zero-order valence-electron chi connectivity index (χ0n) is 14.8. The topological polar surface area (TPSA) is 48.1 Å². The van der Waals surface area contributed by atoms with E-state index in [1.807, 2.05) is 23.1 Å². The third-order valence-corrected chi connectivity index (χ3v) is 4.92. The van der Waals surface area contributed by atoms with Crippen LogP contribution in [0, 0.1) is 0 Å². The van der Waals surface area contributed by atoms with Gasteiger partial charge in [0.05, 0.1) is 12.8 Å². The largest absolute Gasteiger partial charge is 0.495 e. The molecule has 0 radical (unpaired) electrons. The summed E-state index contributed by atoms with van der Waals surface area (Å²) in [6.45, 7) is 5.72. The number of benzene rings is 1. The van der Waals surface area contributed by atoms with Crippen LogP contribution in [-0.2, 0) is 0 Å². The molecule has 2 heterocycles. The van der Waals surface area contributed by atoms with Crippen LogP contribution >= 0.6 is 0 Å². The second kappa shape index (κ2) is 7.75. The van der Waals surface area contributed by atoms with Gasteiger partial charge in [-0.05, 0) is 44.5 Å². The average molecular weight is 332 g/mol. The van der Waals surface area contributed by atoms with Gasteiger partial charge in [-0.25, -0.2) is 4.79 Å².